The highest BCUT2D eigenvalue weighted by Gasteiger charge is 2.16. The predicted octanol–water partition coefficient (Wildman–Crippen LogP) is 2.40. The van der Waals surface area contributed by atoms with Crippen molar-refractivity contribution in [3.8, 4) is 5.75 Å². The summed E-state index contributed by atoms with van der Waals surface area (Å²) >= 11 is 0. The Hall–Kier alpha value is -2.56. The van der Waals surface area contributed by atoms with Gasteiger partial charge in [0, 0.05) is 0 Å². The molecule has 0 aliphatic carbocycles. The minimum absolute atomic E-state index is 0.0144. The number of carbonyl (C=O) groups is 1. The van der Waals surface area contributed by atoms with Crippen molar-refractivity contribution in [2.24, 2.45) is 0 Å². The minimum atomic E-state index is -0.716. The molecule has 0 saturated heterocycles. The van der Waals surface area contributed by atoms with Gasteiger partial charge in [0.25, 0.3) is 0 Å². The lowest BCUT2D eigenvalue weighted by Gasteiger charge is -2.06. The highest BCUT2D eigenvalue weighted by molar-refractivity contribution is 5.89. The number of carbonyl (C=O) groups excluding carboxylic acids is 1. The molecule has 104 valence electrons. The quantitative estimate of drug-likeness (QED) is 0.783. The van der Waals surface area contributed by atoms with Crippen molar-refractivity contribution in [1.82, 2.24) is 0 Å². The lowest BCUT2D eigenvalue weighted by atomic mass is 10.2. The van der Waals surface area contributed by atoms with E-state index in [9.17, 15) is 9.59 Å². The molecule has 0 aliphatic heterocycles. The molecule has 0 atom stereocenters. The summed E-state index contributed by atoms with van der Waals surface area (Å²) in [5, 5.41) is 0. The number of benzene rings is 1. The summed E-state index contributed by atoms with van der Waals surface area (Å²) in [6.07, 6.45) is 2.24. The van der Waals surface area contributed by atoms with Crippen LogP contribution in [0.3, 0.4) is 0 Å². The van der Waals surface area contributed by atoms with Crippen molar-refractivity contribution in [1.29, 1.82) is 0 Å². The highest BCUT2D eigenvalue weighted by atomic mass is 16.5. The lowest BCUT2D eigenvalue weighted by molar-refractivity contribution is 0.0521. The van der Waals surface area contributed by atoms with E-state index in [2.05, 4.69) is 0 Å². The van der Waals surface area contributed by atoms with Crippen molar-refractivity contribution in [2.45, 2.75) is 13.5 Å². The summed E-state index contributed by atoms with van der Waals surface area (Å²) in [6.45, 7) is 2.07. The molecule has 2 rings (SSSR count). The summed E-state index contributed by atoms with van der Waals surface area (Å²) in [7, 11) is 0. The van der Waals surface area contributed by atoms with Gasteiger partial charge < -0.3 is 13.9 Å². The fourth-order valence-corrected chi connectivity index (χ4v) is 1.59. The molecule has 5 nitrogen and oxygen atoms in total. The Balaban J connectivity index is 2.15. The molecular weight excluding hydrogens is 260 g/mol. The molecule has 5 heteroatoms. The van der Waals surface area contributed by atoms with Gasteiger partial charge in [0.15, 0.2) is 0 Å². The van der Waals surface area contributed by atoms with E-state index in [0.29, 0.717) is 0 Å². The molecule has 2 aromatic rings. The Bertz CT molecular complexity index is 630. The van der Waals surface area contributed by atoms with Crippen molar-refractivity contribution < 1.29 is 18.7 Å². The molecule has 0 fully saturated rings. The van der Waals surface area contributed by atoms with Gasteiger partial charge in [-0.2, -0.15) is 0 Å². The molecule has 0 unspecified atom stereocenters. The topological polar surface area (TPSA) is 65.7 Å². The Kier molecular flexibility index (Phi) is 4.55. The van der Waals surface area contributed by atoms with E-state index in [-0.39, 0.29) is 24.5 Å². The summed E-state index contributed by atoms with van der Waals surface area (Å²) in [5.41, 5.74) is 0.205. The summed E-state index contributed by atoms with van der Waals surface area (Å²) in [4.78, 5) is 23.6. The Morgan fingerprint density at radius 1 is 1.20 bits per heavy atom. The SMILES string of the molecule is CCOC(=O)c1cocc(OCc2ccccc2)c1=O. The molecule has 1 aromatic carbocycles. The fourth-order valence-electron chi connectivity index (χ4n) is 1.59. The third-order valence-electron chi connectivity index (χ3n) is 2.56. The molecule has 20 heavy (non-hydrogen) atoms. The molecule has 0 aliphatic rings. The van der Waals surface area contributed by atoms with Crippen LogP contribution < -0.4 is 10.2 Å². The van der Waals surface area contributed by atoms with Crippen molar-refractivity contribution >= 4 is 5.97 Å². The smallest absolute Gasteiger partial charge is 0.345 e. The average molecular weight is 274 g/mol. The van der Waals surface area contributed by atoms with E-state index in [0.717, 1.165) is 11.8 Å². The number of hydrogen-bond acceptors (Lipinski definition) is 5. The van der Waals surface area contributed by atoms with Gasteiger partial charge in [0.1, 0.15) is 24.7 Å². The second kappa shape index (κ2) is 6.56. The van der Waals surface area contributed by atoms with Crippen LogP contribution in [-0.4, -0.2) is 12.6 Å². The van der Waals surface area contributed by atoms with Gasteiger partial charge >= 0.3 is 5.97 Å². The largest absolute Gasteiger partial charge is 0.482 e. The number of ether oxygens (including phenoxy) is 2. The van der Waals surface area contributed by atoms with E-state index in [1.807, 2.05) is 30.3 Å². The van der Waals surface area contributed by atoms with Crippen LogP contribution in [0.25, 0.3) is 0 Å². The third kappa shape index (κ3) is 3.26. The van der Waals surface area contributed by atoms with E-state index < -0.39 is 11.4 Å². The standard InChI is InChI=1S/C15H14O5/c1-2-19-15(17)12-9-18-10-13(14(12)16)20-8-11-6-4-3-5-7-11/h3-7,9-10H,2,8H2,1H3. The van der Waals surface area contributed by atoms with E-state index in [1.165, 1.54) is 6.26 Å². The Morgan fingerprint density at radius 2 is 1.95 bits per heavy atom. The average Bonchev–Trinajstić information content (AvgIpc) is 2.47. The lowest BCUT2D eigenvalue weighted by Crippen LogP contribution is -2.18. The van der Waals surface area contributed by atoms with Crippen LogP contribution in [-0.2, 0) is 11.3 Å². The van der Waals surface area contributed by atoms with E-state index in [1.54, 1.807) is 6.92 Å². The maximum Gasteiger partial charge on any atom is 0.345 e. The van der Waals surface area contributed by atoms with Gasteiger partial charge in [0.05, 0.1) is 6.61 Å². The maximum atomic E-state index is 12.0. The summed E-state index contributed by atoms with van der Waals surface area (Å²) in [5.74, 6) is -0.731. The zero-order valence-corrected chi connectivity index (χ0v) is 11.0. The van der Waals surface area contributed by atoms with Crippen LogP contribution in [0.1, 0.15) is 22.8 Å². The van der Waals surface area contributed by atoms with Crippen LogP contribution in [0.2, 0.25) is 0 Å². The minimum Gasteiger partial charge on any atom is -0.482 e. The van der Waals surface area contributed by atoms with Crippen LogP contribution in [0.5, 0.6) is 5.75 Å². The predicted molar refractivity (Wildman–Crippen MR) is 71.7 cm³/mol. The van der Waals surface area contributed by atoms with Crippen LogP contribution in [0.4, 0.5) is 0 Å². The fraction of sp³-hybridized carbons (Fsp3) is 0.200. The molecule has 0 radical (unpaired) electrons. The second-order valence-electron chi connectivity index (χ2n) is 3.97. The Labute approximate surface area is 115 Å². The third-order valence-corrected chi connectivity index (χ3v) is 2.56. The van der Waals surface area contributed by atoms with Crippen molar-refractivity contribution in [2.75, 3.05) is 6.61 Å². The normalized spacial score (nSPS) is 10.1. The summed E-state index contributed by atoms with van der Waals surface area (Å²) < 4.78 is 15.1. The molecular formula is C15H14O5. The van der Waals surface area contributed by atoms with E-state index >= 15 is 0 Å². The zero-order chi connectivity index (χ0) is 14.4. The number of esters is 1. The van der Waals surface area contributed by atoms with Crippen LogP contribution in [0, 0.1) is 0 Å². The van der Waals surface area contributed by atoms with Gasteiger partial charge in [-0.1, -0.05) is 30.3 Å². The van der Waals surface area contributed by atoms with Gasteiger partial charge in [0.2, 0.25) is 11.2 Å². The molecule has 1 heterocycles. The maximum absolute atomic E-state index is 12.0. The first-order valence-corrected chi connectivity index (χ1v) is 6.16. The number of rotatable bonds is 5. The molecule has 1 aromatic heterocycles. The van der Waals surface area contributed by atoms with Crippen molar-refractivity contribution in [3.05, 3.63) is 64.2 Å². The van der Waals surface area contributed by atoms with E-state index in [4.69, 9.17) is 13.9 Å². The van der Waals surface area contributed by atoms with Crippen LogP contribution in [0.15, 0.2) is 52.1 Å². The van der Waals surface area contributed by atoms with Gasteiger partial charge in [-0.25, -0.2) is 4.79 Å². The second-order valence-corrected chi connectivity index (χ2v) is 3.97. The van der Waals surface area contributed by atoms with Crippen LogP contribution >= 0.6 is 0 Å². The highest BCUT2D eigenvalue weighted by Crippen LogP contribution is 2.09. The molecule has 0 N–H and O–H groups in total. The molecule has 0 amide bonds. The zero-order valence-electron chi connectivity index (χ0n) is 11.0. The number of hydrogen-bond donors (Lipinski definition) is 0. The first-order valence-electron chi connectivity index (χ1n) is 6.16. The Morgan fingerprint density at radius 3 is 2.65 bits per heavy atom. The molecule has 0 saturated carbocycles. The first-order chi connectivity index (χ1) is 9.72. The van der Waals surface area contributed by atoms with Crippen molar-refractivity contribution in [3.63, 3.8) is 0 Å². The van der Waals surface area contributed by atoms with Gasteiger partial charge in [-0.05, 0) is 12.5 Å². The molecule has 0 bridgehead atoms. The van der Waals surface area contributed by atoms with Gasteiger partial charge in [-0.15, -0.1) is 0 Å². The first kappa shape index (κ1) is 13.9. The molecule has 0 spiro atoms. The van der Waals surface area contributed by atoms with Gasteiger partial charge in [-0.3, -0.25) is 4.79 Å². The summed E-state index contributed by atoms with van der Waals surface area (Å²) in [6, 6.07) is 9.37. The monoisotopic (exact) mass is 274 g/mol.